The summed E-state index contributed by atoms with van der Waals surface area (Å²) in [6, 6.07) is 23.8. The fourth-order valence-corrected chi connectivity index (χ4v) is 4.19. The highest BCUT2D eigenvalue weighted by molar-refractivity contribution is 6.09. The number of hydrogen-bond donors (Lipinski definition) is 1. The molecule has 10 heteroatoms. The van der Waals surface area contributed by atoms with Gasteiger partial charge in [-0.15, -0.1) is 0 Å². The summed E-state index contributed by atoms with van der Waals surface area (Å²) in [7, 11) is 1.63. The first-order valence-corrected chi connectivity index (χ1v) is 13.5. The predicted molar refractivity (Wildman–Crippen MR) is 159 cm³/mol. The number of alkyl halides is 3. The number of nitrogens with one attached hydrogen (secondary N) is 1. The van der Waals surface area contributed by atoms with Gasteiger partial charge in [-0.25, -0.2) is 9.78 Å². The highest BCUT2D eigenvalue weighted by Gasteiger charge is 2.30. The molecule has 0 radical (unpaired) electrons. The molecule has 1 heterocycles. The number of nitrogens with zero attached hydrogens (tertiary/aromatic N) is 2. The lowest BCUT2D eigenvalue weighted by Gasteiger charge is -2.20. The van der Waals surface area contributed by atoms with Gasteiger partial charge in [0.05, 0.1) is 12.2 Å². The molecule has 1 aromatic heterocycles. The number of carbonyl (C=O) groups is 2. The maximum Gasteiger partial charge on any atom is 0.416 e. The smallest absolute Gasteiger partial charge is 0.416 e. The van der Waals surface area contributed by atoms with Crippen molar-refractivity contribution in [1.82, 2.24) is 4.98 Å². The van der Waals surface area contributed by atoms with Crippen LogP contribution in [0.5, 0.6) is 5.75 Å². The van der Waals surface area contributed by atoms with Crippen molar-refractivity contribution in [3.8, 4) is 16.9 Å². The van der Waals surface area contributed by atoms with E-state index in [4.69, 9.17) is 9.47 Å². The summed E-state index contributed by atoms with van der Waals surface area (Å²) in [5.41, 5.74) is 1.37. The Bertz CT molecular complexity index is 1560. The number of anilines is 2. The van der Waals surface area contributed by atoms with E-state index in [1.165, 1.54) is 17.0 Å². The van der Waals surface area contributed by atoms with Gasteiger partial charge >= 0.3 is 12.3 Å². The molecule has 4 aromatic rings. The zero-order valence-corrected chi connectivity index (χ0v) is 24.2. The fraction of sp³-hybridized carbons (Fsp3) is 0.242. The molecule has 224 valence electrons. The maximum atomic E-state index is 13.4. The molecule has 0 atom stereocenters. The minimum Gasteiger partial charge on any atom is -0.493 e. The molecule has 0 aliphatic carbocycles. The van der Waals surface area contributed by atoms with Gasteiger partial charge in [0, 0.05) is 30.4 Å². The average molecular weight is 592 g/mol. The second-order valence-electron chi connectivity index (χ2n) is 10.7. The van der Waals surface area contributed by atoms with Crippen LogP contribution in [0, 0.1) is 0 Å². The van der Waals surface area contributed by atoms with Gasteiger partial charge in [0.15, 0.2) is 0 Å². The van der Waals surface area contributed by atoms with Crippen molar-refractivity contribution in [2.24, 2.45) is 0 Å². The number of ether oxygens (including phenoxy) is 2. The van der Waals surface area contributed by atoms with Gasteiger partial charge in [0.25, 0.3) is 5.91 Å². The van der Waals surface area contributed by atoms with Crippen LogP contribution in [0.1, 0.15) is 42.4 Å². The van der Waals surface area contributed by atoms with E-state index in [2.05, 4.69) is 10.3 Å². The van der Waals surface area contributed by atoms with E-state index in [0.29, 0.717) is 47.0 Å². The Labute approximate surface area is 248 Å². The van der Waals surface area contributed by atoms with Gasteiger partial charge in [0.1, 0.15) is 17.2 Å². The molecule has 3 aromatic carbocycles. The van der Waals surface area contributed by atoms with Gasteiger partial charge in [-0.2, -0.15) is 13.2 Å². The van der Waals surface area contributed by atoms with Crippen molar-refractivity contribution in [1.29, 1.82) is 0 Å². The second-order valence-corrected chi connectivity index (χ2v) is 10.7. The average Bonchev–Trinajstić information content (AvgIpc) is 2.95. The van der Waals surface area contributed by atoms with E-state index in [1.54, 1.807) is 88.5 Å². The number of benzene rings is 3. The van der Waals surface area contributed by atoms with E-state index in [1.807, 2.05) is 6.07 Å². The second kappa shape index (κ2) is 13.0. The molecular weight excluding hydrogens is 559 g/mol. The topological polar surface area (TPSA) is 80.8 Å². The normalized spacial score (nSPS) is 11.5. The molecule has 4 rings (SSSR count). The summed E-state index contributed by atoms with van der Waals surface area (Å²) in [6.07, 6.45) is -4.53. The standard InChI is InChI=1S/C33H32F3N3O4/c1-32(2,3)43-31(41)38-29-11-7-8-24(37-29)20-21-42-26-18-16-25(17-19-26)39(4)30(40)28-10-6-5-9-27(28)22-12-14-23(15-13-22)33(34,35)36/h5-19H,20-21H2,1-4H3,(H,37,38,41). The fourth-order valence-electron chi connectivity index (χ4n) is 4.19. The van der Waals surface area contributed by atoms with Crippen LogP contribution in [0.4, 0.5) is 29.5 Å². The Balaban J connectivity index is 1.36. The monoisotopic (exact) mass is 591 g/mol. The van der Waals surface area contributed by atoms with Crippen molar-refractivity contribution in [3.63, 3.8) is 0 Å². The van der Waals surface area contributed by atoms with Crippen LogP contribution in [0.2, 0.25) is 0 Å². The van der Waals surface area contributed by atoms with Gasteiger partial charge in [-0.3, -0.25) is 10.1 Å². The van der Waals surface area contributed by atoms with Crippen LogP contribution >= 0.6 is 0 Å². The lowest BCUT2D eigenvalue weighted by molar-refractivity contribution is -0.137. The summed E-state index contributed by atoms with van der Waals surface area (Å²) in [5.74, 6) is 0.664. The van der Waals surface area contributed by atoms with Crippen molar-refractivity contribution < 1.29 is 32.2 Å². The van der Waals surface area contributed by atoms with Gasteiger partial charge < -0.3 is 14.4 Å². The molecule has 0 saturated carbocycles. The first-order chi connectivity index (χ1) is 20.3. The summed E-state index contributed by atoms with van der Waals surface area (Å²) in [5, 5.41) is 2.62. The van der Waals surface area contributed by atoms with Crippen LogP contribution in [0.15, 0.2) is 91.0 Å². The minimum atomic E-state index is -4.44. The van der Waals surface area contributed by atoms with Crippen LogP contribution in [0.3, 0.4) is 0 Å². The molecule has 0 bridgehead atoms. The van der Waals surface area contributed by atoms with Gasteiger partial charge in [0.2, 0.25) is 0 Å². The quantitative estimate of drug-likeness (QED) is 0.225. The lowest BCUT2D eigenvalue weighted by atomic mass is 9.97. The molecule has 0 aliphatic heterocycles. The van der Waals surface area contributed by atoms with Crippen LogP contribution < -0.4 is 15.0 Å². The molecular formula is C33H32F3N3O4. The summed E-state index contributed by atoms with van der Waals surface area (Å²) < 4.78 is 50.1. The summed E-state index contributed by atoms with van der Waals surface area (Å²) in [4.78, 5) is 31.3. The third-order valence-electron chi connectivity index (χ3n) is 6.27. The highest BCUT2D eigenvalue weighted by Crippen LogP contribution is 2.32. The largest absolute Gasteiger partial charge is 0.493 e. The maximum absolute atomic E-state index is 13.4. The molecule has 2 amide bonds. The summed E-state index contributed by atoms with van der Waals surface area (Å²) >= 11 is 0. The highest BCUT2D eigenvalue weighted by atomic mass is 19.4. The molecule has 1 N–H and O–H groups in total. The molecule has 43 heavy (non-hydrogen) atoms. The Morgan fingerprint density at radius 3 is 2.19 bits per heavy atom. The number of halogens is 3. The lowest BCUT2D eigenvalue weighted by Crippen LogP contribution is -2.27. The number of amides is 2. The Morgan fingerprint density at radius 2 is 1.53 bits per heavy atom. The number of carbonyl (C=O) groups excluding carboxylic acids is 2. The Kier molecular flexibility index (Phi) is 9.38. The molecule has 0 aliphatic rings. The van der Waals surface area contributed by atoms with Crippen molar-refractivity contribution in [2.75, 3.05) is 23.9 Å². The number of rotatable bonds is 8. The zero-order valence-electron chi connectivity index (χ0n) is 24.2. The third-order valence-corrected chi connectivity index (χ3v) is 6.27. The van der Waals surface area contributed by atoms with Crippen molar-refractivity contribution >= 4 is 23.5 Å². The van der Waals surface area contributed by atoms with E-state index < -0.39 is 23.4 Å². The molecule has 7 nitrogen and oxygen atoms in total. The predicted octanol–water partition coefficient (Wildman–Crippen LogP) is 8.01. The number of aromatic nitrogens is 1. The van der Waals surface area contributed by atoms with Crippen LogP contribution in [0.25, 0.3) is 11.1 Å². The Hall–Kier alpha value is -4.86. The number of pyridine rings is 1. The minimum absolute atomic E-state index is 0.310. The van der Waals surface area contributed by atoms with E-state index in [9.17, 15) is 22.8 Å². The first kappa shape index (κ1) is 31.1. The third kappa shape index (κ3) is 8.57. The van der Waals surface area contributed by atoms with Crippen molar-refractivity contribution in [2.45, 2.75) is 39.0 Å². The summed E-state index contributed by atoms with van der Waals surface area (Å²) in [6.45, 7) is 5.67. The molecule has 0 unspecified atom stereocenters. The Morgan fingerprint density at radius 1 is 0.860 bits per heavy atom. The van der Waals surface area contributed by atoms with Gasteiger partial charge in [-0.05, 0) is 86.5 Å². The molecule has 0 saturated heterocycles. The van der Waals surface area contributed by atoms with E-state index in [0.717, 1.165) is 17.8 Å². The van der Waals surface area contributed by atoms with E-state index >= 15 is 0 Å². The number of hydrogen-bond acceptors (Lipinski definition) is 5. The van der Waals surface area contributed by atoms with Crippen molar-refractivity contribution in [3.05, 3.63) is 108 Å². The van der Waals surface area contributed by atoms with Gasteiger partial charge in [-0.1, -0.05) is 36.4 Å². The SMILES string of the molecule is CN(C(=O)c1ccccc1-c1ccc(C(F)(F)F)cc1)c1ccc(OCCc2cccc(NC(=O)OC(C)(C)C)n2)cc1. The van der Waals surface area contributed by atoms with E-state index in [-0.39, 0.29) is 5.91 Å². The first-order valence-electron chi connectivity index (χ1n) is 13.5. The zero-order chi connectivity index (χ0) is 31.2. The van der Waals surface area contributed by atoms with Crippen LogP contribution in [-0.4, -0.2) is 36.2 Å². The molecule has 0 spiro atoms. The van der Waals surface area contributed by atoms with Crippen LogP contribution in [-0.2, 0) is 17.3 Å². The molecule has 0 fully saturated rings.